The van der Waals surface area contributed by atoms with Crippen LogP contribution in [0.2, 0.25) is 0 Å². The number of carbonyl (C=O) groups excluding carboxylic acids is 2. The Labute approximate surface area is 133 Å². The predicted molar refractivity (Wildman–Crippen MR) is 87.8 cm³/mol. The van der Waals surface area contributed by atoms with Crippen LogP contribution in [-0.2, 0) is 11.2 Å². The molecule has 0 radical (unpaired) electrons. The zero-order chi connectivity index (χ0) is 16.3. The molecule has 1 fully saturated rings. The van der Waals surface area contributed by atoms with Crippen molar-refractivity contribution in [2.75, 3.05) is 26.2 Å². The van der Waals surface area contributed by atoms with Crippen LogP contribution >= 0.6 is 0 Å². The molecule has 0 bridgehead atoms. The zero-order valence-electron chi connectivity index (χ0n) is 14.1. The van der Waals surface area contributed by atoms with E-state index in [0.29, 0.717) is 26.2 Å². The molecule has 0 unspecified atom stereocenters. The summed E-state index contributed by atoms with van der Waals surface area (Å²) in [5.74, 6) is 0.220. The fourth-order valence-electron chi connectivity index (χ4n) is 2.65. The molecule has 0 spiro atoms. The second-order valence-electron chi connectivity index (χ2n) is 6.88. The smallest absolute Gasteiger partial charge is 0.253 e. The van der Waals surface area contributed by atoms with E-state index in [-0.39, 0.29) is 17.2 Å². The van der Waals surface area contributed by atoms with Crippen LogP contribution in [0.3, 0.4) is 0 Å². The molecule has 1 aromatic carbocycles. The number of rotatable bonds is 2. The van der Waals surface area contributed by atoms with Crippen LogP contribution in [0, 0.1) is 5.41 Å². The average Bonchev–Trinajstić information content (AvgIpc) is 2.53. The lowest BCUT2D eigenvalue weighted by Crippen LogP contribution is -2.53. The maximum Gasteiger partial charge on any atom is 0.253 e. The van der Waals surface area contributed by atoms with E-state index in [1.54, 1.807) is 0 Å². The molecular weight excluding hydrogens is 276 g/mol. The molecule has 2 amide bonds. The summed E-state index contributed by atoms with van der Waals surface area (Å²) in [4.78, 5) is 28.5. The molecule has 4 heteroatoms. The Hall–Kier alpha value is -1.84. The summed E-state index contributed by atoms with van der Waals surface area (Å²) < 4.78 is 0. The molecule has 1 aliphatic rings. The lowest BCUT2D eigenvalue weighted by molar-refractivity contribution is -0.140. The molecule has 4 nitrogen and oxygen atoms in total. The Morgan fingerprint density at radius 3 is 1.91 bits per heavy atom. The molecule has 22 heavy (non-hydrogen) atoms. The molecule has 1 saturated heterocycles. The van der Waals surface area contributed by atoms with Gasteiger partial charge in [0.05, 0.1) is 0 Å². The van der Waals surface area contributed by atoms with Gasteiger partial charge in [0.1, 0.15) is 0 Å². The number of benzene rings is 1. The van der Waals surface area contributed by atoms with Crippen molar-refractivity contribution in [3.05, 3.63) is 35.4 Å². The number of hydrogen-bond acceptors (Lipinski definition) is 2. The lowest BCUT2D eigenvalue weighted by atomic mass is 9.94. The molecule has 120 valence electrons. The molecule has 0 aromatic heterocycles. The zero-order valence-corrected chi connectivity index (χ0v) is 14.1. The first-order valence-corrected chi connectivity index (χ1v) is 8.00. The Balaban J connectivity index is 1.96. The van der Waals surface area contributed by atoms with Gasteiger partial charge in [-0.25, -0.2) is 0 Å². The van der Waals surface area contributed by atoms with Crippen LogP contribution in [0.5, 0.6) is 0 Å². The standard InChI is InChI=1S/C18H26N2O2/c1-5-14-6-8-15(9-7-14)16(21)19-10-12-20(13-11-19)17(22)18(2,3)4/h6-9H,5,10-13H2,1-4H3. The third-order valence-electron chi connectivity index (χ3n) is 4.10. The summed E-state index contributed by atoms with van der Waals surface area (Å²) in [6.07, 6.45) is 0.974. The van der Waals surface area contributed by atoms with Gasteiger partial charge in [-0.2, -0.15) is 0 Å². The van der Waals surface area contributed by atoms with Crippen LogP contribution in [-0.4, -0.2) is 47.8 Å². The topological polar surface area (TPSA) is 40.6 Å². The first-order chi connectivity index (χ1) is 10.3. The van der Waals surface area contributed by atoms with E-state index in [2.05, 4.69) is 6.92 Å². The monoisotopic (exact) mass is 302 g/mol. The first kappa shape index (κ1) is 16.5. The molecule has 0 aliphatic carbocycles. The minimum Gasteiger partial charge on any atom is -0.339 e. The van der Waals surface area contributed by atoms with Crippen LogP contribution in [0.1, 0.15) is 43.6 Å². The molecule has 1 aliphatic heterocycles. The van der Waals surface area contributed by atoms with Crippen molar-refractivity contribution >= 4 is 11.8 Å². The van der Waals surface area contributed by atoms with Crippen molar-refractivity contribution in [1.29, 1.82) is 0 Å². The minimum absolute atomic E-state index is 0.0607. The van der Waals surface area contributed by atoms with E-state index in [9.17, 15) is 9.59 Å². The third kappa shape index (κ3) is 3.67. The minimum atomic E-state index is -0.359. The van der Waals surface area contributed by atoms with Crippen LogP contribution in [0.25, 0.3) is 0 Å². The molecular formula is C18H26N2O2. The molecule has 0 N–H and O–H groups in total. The molecule has 1 aromatic rings. The van der Waals surface area contributed by atoms with Gasteiger partial charge in [0.2, 0.25) is 5.91 Å². The number of nitrogens with zero attached hydrogens (tertiary/aromatic N) is 2. The Morgan fingerprint density at radius 1 is 0.955 bits per heavy atom. The fourth-order valence-corrected chi connectivity index (χ4v) is 2.65. The van der Waals surface area contributed by atoms with Crippen molar-refractivity contribution in [2.24, 2.45) is 5.41 Å². The van der Waals surface area contributed by atoms with Gasteiger partial charge in [-0.15, -0.1) is 0 Å². The molecule has 2 rings (SSSR count). The summed E-state index contributed by atoms with van der Waals surface area (Å²) >= 11 is 0. The summed E-state index contributed by atoms with van der Waals surface area (Å²) in [7, 11) is 0. The van der Waals surface area contributed by atoms with Crippen molar-refractivity contribution < 1.29 is 9.59 Å². The summed E-state index contributed by atoms with van der Waals surface area (Å²) in [5.41, 5.74) is 1.60. The van der Waals surface area contributed by atoms with Gasteiger partial charge in [-0.1, -0.05) is 39.8 Å². The predicted octanol–water partition coefficient (Wildman–Crippen LogP) is 2.58. The van der Waals surface area contributed by atoms with Crippen molar-refractivity contribution in [1.82, 2.24) is 9.80 Å². The normalized spacial score (nSPS) is 15.8. The van der Waals surface area contributed by atoms with E-state index < -0.39 is 0 Å². The van der Waals surface area contributed by atoms with Crippen LogP contribution in [0.15, 0.2) is 24.3 Å². The summed E-state index contributed by atoms with van der Waals surface area (Å²) in [5, 5.41) is 0. The fraction of sp³-hybridized carbons (Fsp3) is 0.556. The van der Waals surface area contributed by atoms with E-state index in [4.69, 9.17) is 0 Å². The lowest BCUT2D eigenvalue weighted by Gasteiger charge is -2.37. The second-order valence-corrected chi connectivity index (χ2v) is 6.88. The van der Waals surface area contributed by atoms with Crippen LogP contribution < -0.4 is 0 Å². The van der Waals surface area contributed by atoms with E-state index in [1.165, 1.54) is 5.56 Å². The quantitative estimate of drug-likeness (QED) is 0.842. The van der Waals surface area contributed by atoms with Crippen molar-refractivity contribution in [2.45, 2.75) is 34.1 Å². The van der Waals surface area contributed by atoms with Gasteiger partial charge in [0.25, 0.3) is 5.91 Å². The highest BCUT2D eigenvalue weighted by Crippen LogP contribution is 2.19. The van der Waals surface area contributed by atoms with E-state index >= 15 is 0 Å². The highest BCUT2D eigenvalue weighted by Gasteiger charge is 2.30. The Morgan fingerprint density at radius 2 is 1.45 bits per heavy atom. The van der Waals surface area contributed by atoms with Crippen molar-refractivity contribution in [3.8, 4) is 0 Å². The maximum absolute atomic E-state index is 12.5. The molecule has 1 heterocycles. The van der Waals surface area contributed by atoms with Gasteiger partial charge in [0.15, 0.2) is 0 Å². The van der Waals surface area contributed by atoms with Gasteiger partial charge in [-0.05, 0) is 24.1 Å². The van der Waals surface area contributed by atoms with Gasteiger partial charge < -0.3 is 9.80 Å². The number of aryl methyl sites for hydroxylation is 1. The average molecular weight is 302 g/mol. The summed E-state index contributed by atoms with van der Waals surface area (Å²) in [6.45, 7) is 10.4. The number of amides is 2. The van der Waals surface area contributed by atoms with E-state index in [1.807, 2.05) is 54.8 Å². The van der Waals surface area contributed by atoms with Gasteiger partial charge in [-0.3, -0.25) is 9.59 Å². The highest BCUT2D eigenvalue weighted by atomic mass is 16.2. The summed E-state index contributed by atoms with van der Waals surface area (Å²) in [6, 6.07) is 7.81. The van der Waals surface area contributed by atoms with Crippen LogP contribution in [0.4, 0.5) is 0 Å². The number of piperazine rings is 1. The Bertz CT molecular complexity index is 535. The highest BCUT2D eigenvalue weighted by molar-refractivity contribution is 5.94. The molecule has 0 saturated carbocycles. The second kappa shape index (κ2) is 6.51. The van der Waals surface area contributed by atoms with Gasteiger partial charge in [0, 0.05) is 37.2 Å². The largest absolute Gasteiger partial charge is 0.339 e. The maximum atomic E-state index is 12.5. The third-order valence-corrected chi connectivity index (χ3v) is 4.10. The number of hydrogen-bond donors (Lipinski definition) is 0. The van der Waals surface area contributed by atoms with E-state index in [0.717, 1.165) is 12.0 Å². The Kier molecular flexibility index (Phi) is 4.89. The number of carbonyl (C=O) groups is 2. The first-order valence-electron chi connectivity index (χ1n) is 8.00. The SMILES string of the molecule is CCc1ccc(C(=O)N2CCN(C(=O)C(C)(C)C)CC2)cc1. The van der Waals surface area contributed by atoms with Crippen molar-refractivity contribution in [3.63, 3.8) is 0 Å². The molecule has 0 atom stereocenters. The van der Waals surface area contributed by atoms with Gasteiger partial charge >= 0.3 is 0 Å².